The molecule has 0 fully saturated rings. The van der Waals surface area contributed by atoms with Crippen LogP contribution < -0.4 is 0 Å². The first kappa shape index (κ1) is 19.3. The Morgan fingerprint density at radius 1 is 1.39 bits per heavy atom. The van der Waals surface area contributed by atoms with Crippen LogP contribution in [0.4, 0.5) is 0 Å². The second-order valence-electron chi connectivity index (χ2n) is 6.16. The van der Waals surface area contributed by atoms with Crippen LogP contribution in [0.2, 0.25) is 0 Å². The van der Waals surface area contributed by atoms with Gasteiger partial charge in [0.15, 0.2) is 11.7 Å². The van der Waals surface area contributed by atoms with Gasteiger partial charge >= 0.3 is 0 Å². The molecule has 0 N–H and O–H groups in total. The fourth-order valence-electron chi connectivity index (χ4n) is 2.89. The predicted octanol–water partition coefficient (Wildman–Crippen LogP) is 3.66. The van der Waals surface area contributed by atoms with E-state index in [2.05, 4.69) is 12.8 Å². The van der Waals surface area contributed by atoms with Gasteiger partial charge in [0.05, 0.1) is 7.11 Å². The normalized spacial score (nSPS) is 18.5. The highest BCUT2D eigenvalue weighted by Gasteiger charge is 2.39. The summed E-state index contributed by atoms with van der Waals surface area (Å²) >= 11 is 0. The van der Waals surface area contributed by atoms with Crippen molar-refractivity contribution in [3.8, 4) is 12.3 Å². The van der Waals surface area contributed by atoms with Crippen molar-refractivity contribution < 1.29 is 14.3 Å². The van der Waals surface area contributed by atoms with Crippen LogP contribution in [0.25, 0.3) is 0 Å². The van der Waals surface area contributed by atoms with E-state index in [1.165, 1.54) is 13.2 Å². The average Bonchev–Trinajstić information content (AvgIpc) is 2.87. The Kier molecular flexibility index (Phi) is 8.47. The maximum Gasteiger partial charge on any atom is 0.232 e. The second-order valence-corrected chi connectivity index (χ2v) is 6.16. The lowest BCUT2D eigenvalue weighted by molar-refractivity contribution is -0.140. The lowest BCUT2D eigenvalue weighted by Crippen LogP contribution is -2.42. The summed E-state index contributed by atoms with van der Waals surface area (Å²) in [5.74, 6) is 2.82. The molecular formula is C19H29NO3. The molecule has 0 aromatic rings. The Morgan fingerprint density at radius 2 is 2.13 bits per heavy atom. The van der Waals surface area contributed by atoms with Crippen LogP contribution in [0.15, 0.2) is 12.0 Å². The third-order valence-electron chi connectivity index (χ3n) is 4.30. The number of terminal acetylenes is 1. The van der Waals surface area contributed by atoms with Crippen LogP contribution in [0.1, 0.15) is 65.2 Å². The lowest BCUT2D eigenvalue weighted by Gasteiger charge is -2.28. The molecule has 0 aromatic carbocycles. The minimum absolute atomic E-state index is 0.0221. The highest BCUT2D eigenvalue weighted by molar-refractivity contribution is 6.01. The van der Waals surface area contributed by atoms with E-state index in [-0.39, 0.29) is 17.6 Å². The topological polar surface area (TPSA) is 46.6 Å². The minimum Gasteiger partial charge on any atom is -0.482 e. The van der Waals surface area contributed by atoms with Gasteiger partial charge in [-0.15, -0.1) is 12.3 Å². The molecule has 0 unspecified atom stereocenters. The van der Waals surface area contributed by atoms with Gasteiger partial charge in [0.25, 0.3) is 0 Å². The van der Waals surface area contributed by atoms with E-state index >= 15 is 0 Å². The molecule has 1 heterocycles. The molecule has 0 saturated carbocycles. The minimum atomic E-state index is -0.392. The fraction of sp³-hybridized carbons (Fsp3) is 0.684. The number of hydrogen-bond donors (Lipinski definition) is 0. The Morgan fingerprint density at radius 3 is 2.74 bits per heavy atom. The number of ketones is 1. The number of methoxy groups -OCH3 is 1. The van der Waals surface area contributed by atoms with Crippen molar-refractivity contribution in [1.29, 1.82) is 0 Å². The molecule has 1 amide bonds. The van der Waals surface area contributed by atoms with Gasteiger partial charge in [0, 0.05) is 18.4 Å². The summed E-state index contributed by atoms with van der Waals surface area (Å²) in [7, 11) is 1.51. The van der Waals surface area contributed by atoms with Crippen LogP contribution in [0.3, 0.4) is 0 Å². The third kappa shape index (κ3) is 5.42. The number of carbonyl (C=O) groups is 2. The largest absolute Gasteiger partial charge is 0.482 e. The molecule has 0 saturated heterocycles. The zero-order chi connectivity index (χ0) is 17.2. The van der Waals surface area contributed by atoms with Crippen molar-refractivity contribution in [3.05, 3.63) is 12.0 Å². The van der Waals surface area contributed by atoms with Crippen molar-refractivity contribution in [2.75, 3.05) is 7.11 Å². The van der Waals surface area contributed by atoms with E-state index in [1.54, 1.807) is 4.90 Å². The number of unbranched alkanes of at least 4 members (excludes halogenated alkanes) is 4. The highest BCUT2D eigenvalue weighted by Crippen LogP contribution is 2.27. The van der Waals surface area contributed by atoms with Crippen LogP contribution in [-0.2, 0) is 14.3 Å². The van der Waals surface area contributed by atoms with Gasteiger partial charge in [-0.1, -0.05) is 39.5 Å². The standard InChI is InChI=1S/C19H29NO3/c1-5-7-9-11-12-15(3)19(22)20-16(13-10-8-6-2)17(21)14-18(20)23-4/h1,14-16H,6-13H2,2-4H3/t15-,16+/m1/s1. The average molecular weight is 319 g/mol. The molecule has 1 aliphatic rings. The Labute approximate surface area is 140 Å². The number of rotatable bonds is 10. The first-order chi connectivity index (χ1) is 11.1. The van der Waals surface area contributed by atoms with Gasteiger partial charge in [-0.05, 0) is 19.3 Å². The van der Waals surface area contributed by atoms with Crippen LogP contribution >= 0.6 is 0 Å². The van der Waals surface area contributed by atoms with Gasteiger partial charge in [-0.2, -0.15) is 0 Å². The third-order valence-corrected chi connectivity index (χ3v) is 4.30. The summed E-state index contributed by atoms with van der Waals surface area (Å²) in [4.78, 5) is 26.6. The summed E-state index contributed by atoms with van der Waals surface area (Å²) in [5, 5.41) is 0. The van der Waals surface area contributed by atoms with Gasteiger partial charge in [-0.3, -0.25) is 14.5 Å². The first-order valence-electron chi connectivity index (χ1n) is 8.62. The van der Waals surface area contributed by atoms with Crippen LogP contribution in [0, 0.1) is 18.3 Å². The summed E-state index contributed by atoms with van der Waals surface area (Å²) in [6.07, 6.45) is 13.9. The number of carbonyl (C=O) groups excluding carboxylic acids is 2. The molecule has 0 bridgehead atoms. The molecule has 1 aliphatic heterocycles. The molecule has 128 valence electrons. The summed E-state index contributed by atoms with van der Waals surface area (Å²) in [5.41, 5.74) is 0. The quantitative estimate of drug-likeness (QED) is 0.456. The van der Waals surface area contributed by atoms with E-state index in [9.17, 15) is 9.59 Å². The van der Waals surface area contributed by atoms with Crippen LogP contribution in [0.5, 0.6) is 0 Å². The Balaban J connectivity index is 2.69. The number of amides is 1. The van der Waals surface area contributed by atoms with E-state index in [0.29, 0.717) is 12.3 Å². The summed E-state index contributed by atoms with van der Waals surface area (Å²) in [6, 6.07) is -0.392. The van der Waals surface area contributed by atoms with E-state index in [1.807, 2.05) is 6.92 Å². The predicted molar refractivity (Wildman–Crippen MR) is 91.3 cm³/mol. The molecule has 4 heteroatoms. The van der Waals surface area contributed by atoms with Crippen molar-refractivity contribution in [2.24, 2.45) is 5.92 Å². The van der Waals surface area contributed by atoms with E-state index in [0.717, 1.165) is 44.9 Å². The van der Waals surface area contributed by atoms with Crippen molar-refractivity contribution in [2.45, 2.75) is 71.3 Å². The molecular weight excluding hydrogens is 290 g/mol. The number of nitrogens with zero attached hydrogens (tertiary/aromatic N) is 1. The number of ether oxygens (including phenoxy) is 1. The molecule has 0 radical (unpaired) electrons. The van der Waals surface area contributed by atoms with Gasteiger partial charge in [-0.25, -0.2) is 0 Å². The van der Waals surface area contributed by atoms with Crippen molar-refractivity contribution >= 4 is 11.7 Å². The summed E-state index contributed by atoms with van der Waals surface area (Å²) in [6.45, 7) is 4.04. The van der Waals surface area contributed by atoms with E-state index in [4.69, 9.17) is 11.2 Å². The Bertz CT molecular complexity index is 475. The maximum absolute atomic E-state index is 12.8. The SMILES string of the molecule is C#CCCCC[C@@H](C)C(=O)N1C(OC)=CC(=O)[C@@H]1CCCCC. The Hall–Kier alpha value is -1.76. The van der Waals surface area contributed by atoms with Gasteiger partial charge in [0.1, 0.15) is 6.04 Å². The highest BCUT2D eigenvalue weighted by atomic mass is 16.5. The first-order valence-corrected chi connectivity index (χ1v) is 8.62. The van der Waals surface area contributed by atoms with E-state index < -0.39 is 6.04 Å². The molecule has 1 rings (SSSR count). The molecule has 0 aromatic heterocycles. The summed E-state index contributed by atoms with van der Waals surface area (Å²) < 4.78 is 5.26. The van der Waals surface area contributed by atoms with Crippen LogP contribution in [-0.4, -0.2) is 29.7 Å². The van der Waals surface area contributed by atoms with Crippen molar-refractivity contribution in [1.82, 2.24) is 4.90 Å². The molecule has 23 heavy (non-hydrogen) atoms. The number of hydrogen-bond acceptors (Lipinski definition) is 3. The smallest absolute Gasteiger partial charge is 0.232 e. The molecule has 0 aliphatic carbocycles. The van der Waals surface area contributed by atoms with Crippen molar-refractivity contribution in [3.63, 3.8) is 0 Å². The van der Waals surface area contributed by atoms with Gasteiger partial charge < -0.3 is 4.74 Å². The molecule has 2 atom stereocenters. The monoisotopic (exact) mass is 319 g/mol. The second kappa shape index (κ2) is 10.1. The maximum atomic E-state index is 12.8. The molecule has 0 spiro atoms. The lowest BCUT2D eigenvalue weighted by atomic mass is 9.99. The zero-order valence-electron chi connectivity index (χ0n) is 14.6. The fourth-order valence-corrected chi connectivity index (χ4v) is 2.89. The van der Waals surface area contributed by atoms with Gasteiger partial charge in [0.2, 0.25) is 5.91 Å². The molecule has 4 nitrogen and oxygen atoms in total. The zero-order valence-corrected chi connectivity index (χ0v) is 14.6.